The fourth-order valence-electron chi connectivity index (χ4n) is 3.23. The first-order chi connectivity index (χ1) is 13.5. The number of anilines is 2. The molecule has 1 heterocycles. The van der Waals surface area contributed by atoms with Crippen LogP contribution in [0.2, 0.25) is 5.02 Å². The molecule has 1 aliphatic rings. The van der Waals surface area contributed by atoms with Crippen LogP contribution in [0, 0.1) is 0 Å². The smallest absolute Gasteiger partial charge is 0.228 e. The Balaban J connectivity index is 1.81. The molecular weight excluding hydrogens is 380 g/mol. The molecule has 28 heavy (non-hydrogen) atoms. The van der Waals surface area contributed by atoms with Crippen LogP contribution < -0.4 is 15.0 Å². The number of hydrogen-bond donors (Lipinski definition) is 1. The summed E-state index contributed by atoms with van der Waals surface area (Å²) in [7, 11) is 1.54. The summed E-state index contributed by atoms with van der Waals surface area (Å²) in [5, 5.41) is 3.53. The largest absolute Gasteiger partial charge is 0.496 e. The Labute approximate surface area is 169 Å². The topological polar surface area (TPSA) is 67.9 Å². The number of carbonyl (C=O) groups excluding carboxylic acids is 2. The monoisotopic (exact) mass is 402 g/mol. The molecule has 0 spiro atoms. The molecule has 7 heteroatoms. The van der Waals surface area contributed by atoms with Crippen LogP contribution in [0.15, 0.2) is 36.4 Å². The van der Waals surface area contributed by atoms with Gasteiger partial charge in [-0.3, -0.25) is 9.59 Å². The third kappa shape index (κ3) is 4.64. The molecule has 1 saturated heterocycles. The van der Waals surface area contributed by atoms with Crippen molar-refractivity contribution in [1.82, 2.24) is 0 Å². The van der Waals surface area contributed by atoms with Crippen LogP contribution in [0.4, 0.5) is 11.4 Å². The number of carbonyl (C=O) groups is 2. The van der Waals surface area contributed by atoms with Crippen molar-refractivity contribution in [3.05, 3.63) is 52.5 Å². The molecule has 6 nitrogen and oxygen atoms in total. The summed E-state index contributed by atoms with van der Waals surface area (Å²) in [6, 6.07) is 10.5. The number of morpholine rings is 1. The number of nitrogens with zero attached hydrogens (tertiary/aromatic N) is 1. The number of rotatable bonds is 6. The highest BCUT2D eigenvalue weighted by Gasteiger charge is 2.20. The van der Waals surface area contributed by atoms with Gasteiger partial charge in [0.15, 0.2) is 5.78 Å². The Hall–Kier alpha value is -2.57. The zero-order valence-corrected chi connectivity index (χ0v) is 16.7. The standard InChI is InChI=1S/C21H23ClN2O4/c1-14(25)15-6-7-19(27-2)16(12-15)13-20(26)23-18-5-3-4-17(22)21(18)24-8-10-28-11-9-24/h3-7,12H,8-11,13H2,1-2H3,(H,23,26). The molecule has 0 unspecified atom stereocenters. The lowest BCUT2D eigenvalue weighted by molar-refractivity contribution is -0.115. The molecular formula is C21H23ClN2O4. The van der Waals surface area contributed by atoms with Crippen LogP contribution in [-0.2, 0) is 16.0 Å². The average molecular weight is 403 g/mol. The predicted molar refractivity (Wildman–Crippen MR) is 110 cm³/mol. The van der Waals surface area contributed by atoms with Crippen LogP contribution in [0.3, 0.4) is 0 Å². The van der Waals surface area contributed by atoms with E-state index in [9.17, 15) is 9.59 Å². The van der Waals surface area contributed by atoms with Crippen LogP contribution in [0.5, 0.6) is 5.75 Å². The molecule has 0 atom stereocenters. The molecule has 0 aromatic heterocycles. The normalized spacial score (nSPS) is 13.9. The maximum absolute atomic E-state index is 12.7. The van der Waals surface area contributed by atoms with E-state index in [1.807, 2.05) is 6.07 Å². The fraction of sp³-hybridized carbons (Fsp3) is 0.333. The summed E-state index contributed by atoms with van der Waals surface area (Å²) >= 11 is 6.42. The predicted octanol–water partition coefficient (Wildman–Crippen LogP) is 3.57. The van der Waals surface area contributed by atoms with Crippen LogP contribution >= 0.6 is 11.6 Å². The Morgan fingerprint density at radius 3 is 2.64 bits per heavy atom. The van der Waals surface area contributed by atoms with E-state index >= 15 is 0 Å². The molecule has 2 aromatic carbocycles. The zero-order chi connectivity index (χ0) is 20.1. The Morgan fingerprint density at radius 2 is 1.96 bits per heavy atom. The second-order valence-electron chi connectivity index (χ2n) is 6.54. The van der Waals surface area contributed by atoms with Crippen LogP contribution in [0.25, 0.3) is 0 Å². The van der Waals surface area contributed by atoms with Gasteiger partial charge in [0.1, 0.15) is 5.75 Å². The number of ether oxygens (including phenoxy) is 2. The number of methoxy groups -OCH3 is 1. The van der Waals surface area contributed by atoms with E-state index in [0.29, 0.717) is 53.9 Å². The van der Waals surface area contributed by atoms with Crippen LogP contribution in [-0.4, -0.2) is 45.1 Å². The summed E-state index contributed by atoms with van der Waals surface area (Å²) in [6.45, 7) is 4.15. The number of Topliss-reactive ketones (excluding diaryl/α,β-unsaturated/α-hetero) is 1. The number of ketones is 1. The van der Waals surface area contributed by atoms with Gasteiger partial charge in [-0.25, -0.2) is 0 Å². The van der Waals surface area contributed by atoms with Gasteiger partial charge >= 0.3 is 0 Å². The van der Waals surface area contributed by atoms with Crippen molar-refractivity contribution >= 4 is 34.7 Å². The Bertz CT molecular complexity index is 879. The van der Waals surface area contributed by atoms with E-state index < -0.39 is 0 Å². The second-order valence-corrected chi connectivity index (χ2v) is 6.95. The summed E-state index contributed by atoms with van der Waals surface area (Å²) in [5.74, 6) is 0.296. The van der Waals surface area contributed by atoms with E-state index in [4.69, 9.17) is 21.1 Å². The lowest BCUT2D eigenvalue weighted by Crippen LogP contribution is -2.37. The summed E-state index contributed by atoms with van der Waals surface area (Å²) in [4.78, 5) is 26.5. The SMILES string of the molecule is COc1ccc(C(C)=O)cc1CC(=O)Nc1cccc(Cl)c1N1CCOCC1. The lowest BCUT2D eigenvalue weighted by atomic mass is 10.0. The highest BCUT2D eigenvalue weighted by Crippen LogP contribution is 2.34. The number of hydrogen-bond acceptors (Lipinski definition) is 5. The van der Waals surface area contributed by atoms with Crippen molar-refractivity contribution < 1.29 is 19.1 Å². The lowest BCUT2D eigenvalue weighted by Gasteiger charge is -2.31. The van der Waals surface area contributed by atoms with Gasteiger partial charge in [-0.2, -0.15) is 0 Å². The molecule has 0 bridgehead atoms. The molecule has 0 radical (unpaired) electrons. The number of benzene rings is 2. The maximum Gasteiger partial charge on any atom is 0.228 e. The first kappa shape index (κ1) is 20.2. The van der Waals surface area contributed by atoms with Gasteiger partial charge in [-0.1, -0.05) is 17.7 Å². The number of halogens is 1. The molecule has 1 amide bonds. The van der Waals surface area contributed by atoms with Crippen molar-refractivity contribution in [2.24, 2.45) is 0 Å². The molecule has 2 aromatic rings. The van der Waals surface area contributed by atoms with Gasteiger partial charge in [0, 0.05) is 24.2 Å². The highest BCUT2D eigenvalue weighted by atomic mass is 35.5. The van der Waals surface area contributed by atoms with Crippen molar-refractivity contribution in [1.29, 1.82) is 0 Å². The summed E-state index contributed by atoms with van der Waals surface area (Å²) < 4.78 is 10.7. The summed E-state index contributed by atoms with van der Waals surface area (Å²) in [6.07, 6.45) is 0.0827. The van der Waals surface area contributed by atoms with Gasteiger partial charge in [-0.15, -0.1) is 0 Å². The first-order valence-electron chi connectivity index (χ1n) is 9.08. The van der Waals surface area contributed by atoms with E-state index in [2.05, 4.69) is 10.2 Å². The van der Waals surface area contributed by atoms with Gasteiger partial charge in [0.05, 0.1) is 43.1 Å². The quantitative estimate of drug-likeness (QED) is 0.748. The molecule has 148 valence electrons. The van der Waals surface area contributed by atoms with Crippen molar-refractivity contribution in [2.45, 2.75) is 13.3 Å². The molecule has 0 aliphatic carbocycles. The van der Waals surface area contributed by atoms with Gasteiger partial charge in [0.25, 0.3) is 0 Å². The van der Waals surface area contributed by atoms with E-state index in [0.717, 1.165) is 5.69 Å². The molecule has 1 fully saturated rings. The maximum atomic E-state index is 12.7. The van der Waals surface area contributed by atoms with Gasteiger partial charge in [-0.05, 0) is 37.3 Å². The van der Waals surface area contributed by atoms with E-state index in [1.165, 1.54) is 14.0 Å². The molecule has 0 saturated carbocycles. The number of amides is 1. The van der Waals surface area contributed by atoms with Gasteiger partial charge < -0.3 is 19.7 Å². The third-order valence-corrected chi connectivity index (χ3v) is 4.93. The van der Waals surface area contributed by atoms with Gasteiger partial charge in [0.2, 0.25) is 5.91 Å². The van der Waals surface area contributed by atoms with Crippen LogP contribution in [0.1, 0.15) is 22.8 Å². The second kappa shape index (κ2) is 9.08. The Kier molecular flexibility index (Phi) is 6.54. The number of nitrogens with one attached hydrogen (secondary N) is 1. The number of para-hydroxylation sites is 1. The minimum absolute atomic E-state index is 0.0613. The zero-order valence-electron chi connectivity index (χ0n) is 16.0. The van der Waals surface area contributed by atoms with E-state index in [-0.39, 0.29) is 18.1 Å². The minimum atomic E-state index is -0.212. The highest BCUT2D eigenvalue weighted by molar-refractivity contribution is 6.34. The fourth-order valence-corrected chi connectivity index (χ4v) is 3.52. The Morgan fingerprint density at radius 1 is 1.21 bits per heavy atom. The minimum Gasteiger partial charge on any atom is -0.496 e. The average Bonchev–Trinajstić information content (AvgIpc) is 2.68. The van der Waals surface area contributed by atoms with Crippen molar-refractivity contribution in [3.63, 3.8) is 0 Å². The molecule has 1 aliphatic heterocycles. The molecule has 3 rings (SSSR count). The first-order valence-corrected chi connectivity index (χ1v) is 9.46. The molecule has 1 N–H and O–H groups in total. The van der Waals surface area contributed by atoms with Crippen molar-refractivity contribution in [3.8, 4) is 5.75 Å². The summed E-state index contributed by atoms with van der Waals surface area (Å²) in [5.41, 5.74) is 2.65. The van der Waals surface area contributed by atoms with Crippen molar-refractivity contribution in [2.75, 3.05) is 43.6 Å². The van der Waals surface area contributed by atoms with E-state index in [1.54, 1.807) is 30.3 Å². The third-order valence-electron chi connectivity index (χ3n) is 4.63.